The first kappa shape index (κ1) is 19.5. The minimum absolute atomic E-state index is 0.202. The van der Waals surface area contributed by atoms with Crippen molar-refractivity contribution in [2.24, 2.45) is 0 Å². The maximum atomic E-state index is 12.7. The standard InChI is InChI=1S/C22H20ClN3O2/c1-15-20(21(25-28-15)17-11-5-6-12-18(17)23)22(27)24-14-8-10-16-9-4-7-13-19(16)26(2)3/h4-7,9,11-13H,14H2,1-3H3,(H,24,27). The third-order valence-electron chi connectivity index (χ3n) is 4.17. The Morgan fingerprint density at radius 3 is 2.64 bits per heavy atom. The summed E-state index contributed by atoms with van der Waals surface area (Å²) in [6, 6.07) is 15.0. The van der Waals surface area contributed by atoms with E-state index in [9.17, 15) is 4.79 Å². The summed E-state index contributed by atoms with van der Waals surface area (Å²) >= 11 is 6.24. The highest BCUT2D eigenvalue weighted by molar-refractivity contribution is 6.33. The number of para-hydroxylation sites is 1. The van der Waals surface area contributed by atoms with Crippen molar-refractivity contribution in [3.63, 3.8) is 0 Å². The third kappa shape index (κ3) is 4.19. The maximum absolute atomic E-state index is 12.7. The number of anilines is 1. The molecule has 3 rings (SSSR count). The Kier molecular flexibility index (Phi) is 6.03. The Morgan fingerprint density at radius 2 is 1.89 bits per heavy atom. The second-order valence-electron chi connectivity index (χ2n) is 6.34. The molecule has 1 N–H and O–H groups in total. The highest BCUT2D eigenvalue weighted by atomic mass is 35.5. The van der Waals surface area contributed by atoms with E-state index in [-0.39, 0.29) is 12.5 Å². The first-order chi connectivity index (χ1) is 13.5. The van der Waals surface area contributed by atoms with E-state index in [1.165, 1.54) is 0 Å². The molecule has 0 bridgehead atoms. The van der Waals surface area contributed by atoms with Gasteiger partial charge in [-0.3, -0.25) is 4.79 Å². The zero-order valence-corrected chi connectivity index (χ0v) is 16.7. The molecule has 0 spiro atoms. The van der Waals surface area contributed by atoms with E-state index >= 15 is 0 Å². The molecule has 28 heavy (non-hydrogen) atoms. The Hall–Kier alpha value is -3.23. The molecule has 0 radical (unpaired) electrons. The molecule has 0 aliphatic carbocycles. The van der Waals surface area contributed by atoms with Crippen molar-refractivity contribution in [1.82, 2.24) is 10.5 Å². The van der Waals surface area contributed by atoms with Crippen LogP contribution in [0.2, 0.25) is 5.02 Å². The highest BCUT2D eigenvalue weighted by Gasteiger charge is 2.22. The third-order valence-corrected chi connectivity index (χ3v) is 4.49. The summed E-state index contributed by atoms with van der Waals surface area (Å²) in [6.45, 7) is 1.90. The molecule has 0 aliphatic rings. The van der Waals surface area contributed by atoms with Crippen LogP contribution in [0.5, 0.6) is 0 Å². The van der Waals surface area contributed by atoms with Crippen molar-refractivity contribution in [2.45, 2.75) is 6.92 Å². The molecule has 5 nitrogen and oxygen atoms in total. The maximum Gasteiger partial charge on any atom is 0.257 e. The van der Waals surface area contributed by atoms with E-state index in [2.05, 4.69) is 22.3 Å². The van der Waals surface area contributed by atoms with Gasteiger partial charge in [-0.25, -0.2) is 0 Å². The number of carbonyl (C=O) groups excluding carboxylic acids is 1. The van der Waals surface area contributed by atoms with E-state index in [0.29, 0.717) is 27.6 Å². The minimum Gasteiger partial charge on any atom is -0.377 e. The second kappa shape index (κ2) is 8.64. The van der Waals surface area contributed by atoms with Gasteiger partial charge in [-0.15, -0.1) is 0 Å². The number of carbonyl (C=O) groups is 1. The van der Waals surface area contributed by atoms with Crippen LogP contribution in [0.25, 0.3) is 11.3 Å². The zero-order valence-electron chi connectivity index (χ0n) is 15.9. The molecule has 0 fully saturated rings. The molecule has 142 valence electrons. The van der Waals surface area contributed by atoms with E-state index in [1.54, 1.807) is 19.1 Å². The van der Waals surface area contributed by atoms with Crippen LogP contribution in [-0.2, 0) is 0 Å². The summed E-state index contributed by atoms with van der Waals surface area (Å²) in [5.41, 5.74) is 3.36. The summed E-state index contributed by atoms with van der Waals surface area (Å²) in [5.74, 6) is 6.22. The number of hydrogen-bond donors (Lipinski definition) is 1. The van der Waals surface area contributed by atoms with Gasteiger partial charge in [0, 0.05) is 25.2 Å². The average molecular weight is 394 g/mol. The molecule has 0 unspecified atom stereocenters. The molecule has 0 saturated heterocycles. The van der Waals surface area contributed by atoms with Gasteiger partial charge in [0.05, 0.1) is 17.3 Å². The molecule has 1 aromatic heterocycles. The van der Waals surface area contributed by atoms with Crippen LogP contribution in [-0.4, -0.2) is 31.7 Å². The van der Waals surface area contributed by atoms with Crippen molar-refractivity contribution in [3.8, 4) is 23.1 Å². The lowest BCUT2D eigenvalue weighted by Crippen LogP contribution is -2.24. The molecule has 0 aliphatic heterocycles. The first-order valence-corrected chi connectivity index (χ1v) is 9.11. The molecule has 0 saturated carbocycles. The molecular formula is C22H20ClN3O2. The fourth-order valence-corrected chi connectivity index (χ4v) is 3.02. The molecular weight excluding hydrogens is 374 g/mol. The summed E-state index contributed by atoms with van der Waals surface area (Å²) in [7, 11) is 3.93. The number of aromatic nitrogens is 1. The topological polar surface area (TPSA) is 58.4 Å². The number of hydrogen-bond acceptors (Lipinski definition) is 4. The SMILES string of the molecule is Cc1onc(-c2ccccc2Cl)c1C(=O)NCC#Cc1ccccc1N(C)C. The number of halogens is 1. The van der Waals surface area contributed by atoms with E-state index in [1.807, 2.05) is 55.4 Å². The van der Waals surface area contributed by atoms with Gasteiger partial charge in [0.25, 0.3) is 5.91 Å². The average Bonchev–Trinajstić information content (AvgIpc) is 3.07. The Labute approximate surface area is 169 Å². The van der Waals surface area contributed by atoms with Gasteiger partial charge in [-0.05, 0) is 25.1 Å². The molecule has 0 atom stereocenters. The van der Waals surface area contributed by atoms with Crippen molar-refractivity contribution in [2.75, 3.05) is 25.5 Å². The van der Waals surface area contributed by atoms with Crippen LogP contribution in [0, 0.1) is 18.8 Å². The summed E-state index contributed by atoms with van der Waals surface area (Å²) < 4.78 is 5.23. The molecule has 6 heteroatoms. The largest absolute Gasteiger partial charge is 0.377 e. The quantitative estimate of drug-likeness (QED) is 0.676. The van der Waals surface area contributed by atoms with Crippen molar-refractivity contribution < 1.29 is 9.32 Å². The van der Waals surface area contributed by atoms with Gasteiger partial charge in [0.2, 0.25) is 0 Å². The fraction of sp³-hybridized carbons (Fsp3) is 0.182. The van der Waals surface area contributed by atoms with Crippen molar-refractivity contribution in [3.05, 3.63) is 70.4 Å². The van der Waals surface area contributed by atoms with Crippen LogP contribution in [0.1, 0.15) is 21.7 Å². The smallest absolute Gasteiger partial charge is 0.257 e. The molecule has 1 heterocycles. The van der Waals surface area contributed by atoms with Crippen molar-refractivity contribution >= 4 is 23.2 Å². The summed E-state index contributed by atoms with van der Waals surface area (Å²) in [4.78, 5) is 14.7. The molecule has 3 aromatic rings. The minimum atomic E-state index is -0.302. The van der Waals surface area contributed by atoms with E-state index in [0.717, 1.165) is 11.3 Å². The van der Waals surface area contributed by atoms with Gasteiger partial charge in [-0.1, -0.05) is 58.9 Å². The first-order valence-electron chi connectivity index (χ1n) is 8.73. The summed E-state index contributed by atoms with van der Waals surface area (Å²) in [5, 5.41) is 7.32. The van der Waals surface area contributed by atoms with Crippen LogP contribution in [0.3, 0.4) is 0 Å². The number of aryl methyl sites for hydroxylation is 1. The van der Waals surface area contributed by atoms with Crippen LogP contribution < -0.4 is 10.2 Å². The predicted molar refractivity (Wildman–Crippen MR) is 112 cm³/mol. The number of nitrogens with zero attached hydrogens (tertiary/aromatic N) is 2. The highest BCUT2D eigenvalue weighted by Crippen LogP contribution is 2.30. The van der Waals surface area contributed by atoms with E-state index in [4.69, 9.17) is 16.1 Å². The van der Waals surface area contributed by atoms with E-state index < -0.39 is 0 Å². The van der Waals surface area contributed by atoms with Crippen LogP contribution in [0.15, 0.2) is 53.1 Å². The normalized spacial score (nSPS) is 10.1. The van der Waals surface area contributed by atoms with Gasteiger partial charge >= 0.3 is 0 Å². The Balaban J connectivity index is 1.76. The van der Waals surface area contributed by atoms with Gasteiger partial charge < -0.3 is 14.7 Å². The lowest BCUT2D eigenvalue weighted by molar-refractivity contribution is 0.0957. The zero-order chi connectivity index (χ0) is 20.1. The van der Waals surface area contributed by atoms with Gasteiger partial charge in [0.1, 0.15) is 17.0 Å². The molecule has 1 amide bonds. The van der Waals surface area contributed by atoms with Crippen LogP contribution in [0.4, 0.5) is 5.69 Å². The lowest BCUT2D eigenvalue weighted by Gasteiger charge is -2.13. The van der Waals surface area contributed by atoms with Crippen LogP contribution >= 0.6 is 11.6 Å². The summed E-state index contributed by atoms with van der Waals surface area (Å²) in [6.07, 6.45) is 0. The predicted octanol–water partition coefficient (Wildman–Crippen LogP) is 4.15. The lowest BCUT2D eigenvalue weighted by atomic mass is 10.1. The van der Waals surface area contributed by atoms with Crippen molar-refractivity contribution in [1.29, 1.82) is 0 Å². The monoisotopic (exact) mass is 393 g/mol. The second-order valence-corrected chi connectivity index (χ2v) is 6.75. The fourth-order valence-electron chi connectivity index (χ4n) is 2.80. The Morgan fingerprint density at radius 1 is 1.18 bits per heavy atom. The van der Waals surface area contributed by atoms with Gasteiger partial charge in [-0.2, -0.15) is 0 Å². The van der Waals surface area contributed by atoms with Gasteiger partial charge in [0.15, 0.2) is 0 Å². The number of benzene rings is 2. The number of amides is 1. The molecule has 2 aromatic carbocycles. The number of rotatable bonds is 4. The number of nitrogens with one attached hydrogen (secondary N) is 1. The Bertz CT molecular complexity index is 1060.